The first-order valence-electron chi connectivity index (χ1n) is 7.63. The monoisotopic (exact) mass is 351 g/mol. The van der Waals surface area contributed by atoms with Gasteiger partial charge >= 0.3 is 0 Å². The van der Waals surface area contributed by atoms with Crippen LogP contribution in [0.2, 0.25) is 0 Å². The Morgan fingerprint density at radius 2 is 2.13 bits per heavy atom. The van der Waals surface area contributed by atoms with Gasteiger partial charge in [-0.3, -0.25) is 10.1 Å². The predicted octanol–water partition coefficient (Wildman–Crippen LogP) is 4.14. The highest BCUT2D eigenvalue weighted by atomic mass is 32.2. The van der Waals surface area contributed by atoms with Crippen LogP contribution in [0.5, 0.6) is 5.75 Å². The minimum atomic E-state index is -0.549. The third kappa shape index (κ3) is 5.21. The van der Waals surface area contributed by atoms with Gasteiger partial charge < -0.3 is 4.74 Å². The molecule has 0 radical (unpaired) electrons. The van der Waals surface area contributed by atoms with Crippen LogP contribution in [0.25, 0.3) is 0 Å². The van der Waals surface area contributed by atoms with E-state index in [0.29, 0.717) is 11.6 Å². The Labute approximate surface area is 144 Å². The number of anilines is 1. The number of thioether (sulfide) groups is 1. The average molecular weight is 351 g/mol. The summed E-state index contributed by atoms with van der Waals surface area (Å²) in [7, 11) is 0. The van der Waals surface area contributed by atoms with Gasteiger partial charge in [-0.1, -0.05) is 55.1 Å². The molecule has 1 amide bonds. The average Bonchev–Trinajstić information content (AvgIpc) is 2.99. The van der Waals surface area contributed by atoms with E-state index in [4.69, 9.17) is 4.74 Å². The molecule has 0 saturated heterocycles. The zero-order valence-electron chi connectivity index (χ0n) is 13.5. The van der Waals surface area contributed by atoms with Crippen molar-refractivity contribution in [1.29, 1.82) is 0 Å². The smallest absolute Gasteiger partial charge is 0.267 e. The number of para-hydroxylation sites is 1. The minimum Gasteiger partial charge on any atom is -0.480 e. The van der Waals surface area contributed by atoms with E-state index < -0.39 is 6.10 Å². The first-order valence-corrected chi connectivity index (χ1v) is 9.43. The van der Waals surface area contributed by atoms with Crippen molar-refractivity contribution in [2.24, 2.45) is 0 Å². The van der Waals surface area contributed by atoms with Gasteiger partial charge in [0, 0.05) is 5.75 Å². The molecule has 0 bridgehead atoms. The molecule has 1 aromatic carbocycles. The third-order valence-corrected chi connectivity index (χ3v) is 5.27. The number of carbonyl (C=O) groups excluding carboxylic acids is 1. The lowest BCUT2D eigenvalue weighted by Crippen LogP contribution is -2.32. The number of ether oxygens (including phenoxy) is 1. The summed E-state index contributed by atoms with van der Waals surface area (Å²) in [6.07, 6.45) is 1.11. The molecule has 0 aliphatic rings. The van der Waals surface area contributed by atoms with Crippen molar-refractivity contribution in [3.63, 3.8) is 0 Å². The molecule has 1 N–H and O–H groups in total. The fourth-order valence-electron chi connectivity index (χ4n) is 1.86. The van der Waals surface area contributed by atoms with Crippen LogP contribution in [-0.4, -0.2) is 28.0 Å². The van der Waals surface area contributed by atoms with Gasteiger partial charge in [0.05, 0.1) is 0 Å². The quantitative estimate of drug-likeness (QED) is 0.572. The van der Waals surface area contributed by atoms with Gasteiger partial charge in [-0.2, -0.15) is 0 Å². The van der Waals surface area contributed by atoms with Gasteiger partial charge in [-0.05, 0) is 31.4 Å². The summed E-state index contributed by atoms with van der Waals surface area (Å²) in [6.45, 7) is 6.00. The summed E-state index contributed by atoms with van der Waals surface area (Å²) in [5, 5.41) is 11.4. The third-order valence-electron chi connectivity index (χ3n) is 3.09. The Morgan fingerprint density at radius 3 is 2.83 bits per heavy atom. The summed E-state index contributed by atoms with van der Waals surface area (Å²) in [5.74, 6) is 1.53. The van der Waals surface area contributed by atoms with Crippen molar-refractivity contribution in [1.82, 2.24) is 10.2 Å². The van der Waals surface area contributed by atoms with Crippen LogP contribution >= 0.6 is 23.1 Å². The molecule has 0 aliphatic heterocycles. The van der Waals surface area contributed by atoms with Gasteiger partial charge in [-0.15, -0.1) is 10.2 Å². The Bertz CT molecular complexity index is 646. The first-order chi connectivity index (χ1) is 11.1. The van der Waals surface area contributed by atoms with Crippen LogP contribution in [0, 0.1) is 6.92 Å². The number of aromatic nitrogens is 2. The van der Waals surface area contributed by atoms with Crippen molar-refractivity contribution < 1.29 is 9.53 Å². The van der Waals surface area contributed by atoms with Crippen LogP contribution in [-0.2, 0) is 4.79 Å². The van der Waals surface area contributed by atoms with Gasteiger partial charge in [0.2, 0.25) is 5.13 Å². The highest BCUT2D eigenvalue weighted by Crippen LogP contribution is 2.26. The summed E-state index contributed by atoms with van der Waals surface area (Å²) >= 11 is 3.04. The van der Waals surface area contributed by atoms with E-state index in [9.17, 15) is 4.79 Å². The Hall–Kier alpha value is -1.60. The number of hydrogen-bond acceptors (Lipinski definition) is 6. The second-order valence-electron chi connectivity index (χ2n) is 4.99. The zero-order chi connectivity index (χ0) is 16.7. The highest BCUT2D eigenvalue weighted by Gasteiger charge is 2.20. The molecule has 0 aliphatic carbocycles. The van der Waals surface area contributed by atoms with Crippen LogP contribution < -0.4 is 10.1 Å². The SMILES string of the molecule is CCCSc1nnc(NC(=O)[C@@H](CC)Oc2ccccc2C)s1. The van der Waals surface area contributed by atoms with Gasteiger partial charge in [-0.25, -0.2) is 0 Å². The number of rotatable bonds is 8. The Kier molecular flexibility index (Phi) is 6.85. The summed E-state index contributed by atoms with van der Waals surface area (Å²) in [6, 6.07) is 7.67. The first kappa shape index (κ1) is 17.7. The summed E-state index contributed by atoms with van der Waals surface area (Å²) in [5.41, 5.74) is 1.01. The molecule has 1 atom stereocenters. The molecule has 1 aromatic heterocycles. The van der Waals surface area contributed by atoms with Crippen molar-refractivity contribution in [2.75, 3.05) is 11.1 Å². The van der Waals surface area contributed by atoms with Crippen molar-refractivity contribution in [3.8, 4) is 5.75 Å². The number of benzene rings is 1. The molecule has 7 heteroatoms. The van der Waals surface area contributed by atoms with E-state index in [0.717, 1.165) is 27.8 Å². The molecule has 1 heterocycles. The van der Waals surface area contributed by atoms with Crippen molar-refractivity contribution in [2.45, 2.75) is 44.1 Å². The lowest BCUT2D eigenvalue weighted by molar-refractivity contribution is -0.122. The number of nitrogens with one attached hydrogen (secondary N) is 1. The fourth-order valence-corrected chi connectivity index (χ4v) is 3.54. The fraction of sp³-hybridized carbons (Fsp3) is 0.438. The maximum atomic E-state index is 12.4. The number of amides is 1. The highest BCUT2D eigenvalue weighted by molar-refractivity contribution is 8.01. The maximum Gasteiger partial charge on any atom is 0.267 e. The topological polar surface area (TPSA) is 64.1 Å². The standard InChI is InChI=1S/C16H21N3O2S2/c1-4-10-22-16-19-18-15(23-16)17-14(20)12(5-2)21-13-9-7-6-8-11(13)3/h6-9,12H,4-5,10H2,1-3H3,(H,17,18,20)/t12-/m1/s1. The van der Waals surface area contributed by atoms with E-state index in [1.807, 2.05) is 38.1 Å². The Morgan fingerprint density at radius 1 is 1.35 bits per heavy atom. The van der Waals surface area contributed by atoms with Crippen LogP contribution in [0.1, 0.15) is 32.3 Å². The molecule has 2 rings (SSSR count). The summed E-state index contributed by atoms with van der Waals surface area (Å²) < 4.78 is 6.71. The molecular weight excluding hydrogens is 330 g/mol. The number of carbonyl (C=O) groups is 1. The van der Waals surface area contributed by atoms with E-state index in [1.54, 1.807) is 11.8 Å². The minimum absolute atomic E-state index is 0.195. The van der Waals surface area contributed by atoms with Crippen molar-refractivity contribution >= 4 is 34.1 Å². The van der Waals surface area contributed by atoms with Gasteiger partial charge in [0.1, 0.15) is 5.75 Å². The van der Waals surface area contributed by atoms with E-state index >= 15 is 0 Å². The molecule has 2 aromatic rings. The molecule has 0 saturated carbocycles. The molecule has 0 spiro atoms. The Balaban J connectivity index is 1.97. The molecule has 23 heavy (non-hydrogen) atoms. The van der Waals surface area contributed by atoms with Gasteiger partial charge in [0.15, 0.2) is 10.4 Å². The second-order valence-corrected chi connectivity index (χ2v) is 7.31. The molecule has 5 nitrogen and oxygen atoms in total. The van der Waals surface area contributed by atoms with E-state index in [-0.39, 0.29) is 5.91 Å². The predicted molar refractivity (Wildman–Crippen MR) is 95.4 cm³/mol. The lowest BCUT2D eigenvalue weighted by atomic mass is 10.2. The molecule has 0 fully saturated rings. The van der Waals surface area contributed by atoms with E-state index in [2.05, 4.69) is 22.4 Å². The second kappa shape index (κ2) is 8.88. The van der Waals surface area contributed by atoms with Crippen LogP contribution in [0.3, 0.4) is 0 Å². The maximum absolute atomic E-state index is 12.4. The molecular formula is C16H21N3O2S2. The van der Waals surface area contributed by atoms with Crippen molar-refractivity contribution in [3.05, 3.63) is 29.8 Å². The number of hydrogen-bond donors (Lipinski definition) is 1. The lowest BCUT2D eigenvalue weighted by Gasteiger charge is -2.17. The largest absolute Gasteiger partial charge is 0.480 e. The summed E-state index contributed by atoms with van der Waals surface area (Å²) in [4.78, 5) is 12.4. The van der Waals surface area contributed by atoms with Crippen LogP contribution in [0.15, 0.2) is 28.6 Å². The molecule has 124 valence electrons. The van der Waals surface area contributed by atoms with Crippen LogP contribution in [0.4, 0.5) is 5.13 Å². The zero-order valence-corrected chi connectivity index (χ0v) is 15.2. The van der Waals surface area contributed by atoms with E-state index in [1.165, 1.54) is 11.3 Å². The number of aryl methyl sites for hydroxylation is 1. The van der Waals surface area contributed by atoms with Gasteiger partial charge in [0.25, 0.3) is 5.91 Å². The normalized spacial score (nSPS) is 12.0. The molecule has 0 unspecified atom stereocenters. The number of nitrogens with zero attached hydrogens (tertiary/aromatic N) is 2.